The van der Waals surface area contributed by atoms with E-state index in [1.165, 1.54) is 24.8 Å². The number of hydrogen-bond donors (Lipinski definition) is 1. The van der Waals surface area contributed by atoms with Gasteiger partial charge in [0.2, 0.25) is 0 Å². The zero-order valence-corrected chi connectivity index (χ0v) is 12.1. The van der Waals surface area contributed by atoms with Gasteiger partial charge < -0.3 is 5.32 Å². The van der Waals surface area contributed by atoms with Crippen LogP contribution in [0.4, 0.5) is 0 Å². The largest absolute Gasteiger partial charge is 0.314 e. The van der Waals surface area contributed by atoms with Gasteiger partial charge in [-0.05, 0) is 43.5 Å². The summed E-state index contributed by atoms with van der Waals surface area (Å²) in [6, 6.07) is 6.45. The fourth-order valence-corrected chi connectivity index (χ4v) is 2.25. The summed E-state index contributed by atoms with van der Waals surface area (Å²) in [5.74, 6) is 0. The SMILES string of the molecule is CCCNC(CCC)Cc1ccc(Cl)c(Cl)c1. The average molecular weight is 274 g/mol. The molecule has 0 heterocycles. The fraction of sp³-hybridized carbons (Fsp3) is 0.571. The molecule has 0 saturated heterocycles. The van der Waals surface area contributed by atoms with Gasteiger partial charge in [-0.15, -0.1) is 0 Å². The Bertz CT molecular complexity index is 339. The zero-order chi connectivity index (χ0) is 12.7. The Morgan fingerprint density at radius 1 is 1.12 bits per heavy atom. The molecule has 1 aromatic rings. The lowest BCUT2D eigenvalue weighted by atomic mass is 10.0. The first kappa shape index (κ1) is 14.8. The first-order valence-electron chi connectivity index (χ1n) is 6.34. The number of nitrogens with one attached hydrogen (secondary N) is 1. The molecule has 1 nitrogen and oxygen atoms in total. The number of hydrogen-bond acceptors (Lipinski definition) is 1. The number of halogens is 2. The third-order valence-corrected chi connectivity index (χ3v) is 3.53. The Hall–Kier alpha value is -0.240. The summed E-state index contributed by atoms with van der Waals surface area (Å²) in [6.07, 6.45) is 4.58. The standard InChI is InChI=1S/C14H21Cl2N/c1-3-5-12(17-8-4-2)9-11-6-7-13(15)14(16)10-11/h6-7,10,12,17H,3-5,8-9H2,1-2H3. The molecule has 1 N–H and O–H groups in total. The Labute approximate surface area is 115 Å². The van der Waals surface area contributed by atoms with Crippen molar-refractivity contribution in [1.29, 1.82) is 0 Å². The minimum Gasteiger partial charge on any atom is -0.314 e. The molecule has 0 amide bonds. The van der Waals surface area contributed by atoms with Crippen molar-refractivity contribution in [3.63, 3.8) is 0 Å². The molecule has 1 rings (SSSR count). The highest BCUT2D eigenvalue weighted by atomic mass is 35.5. The fourth-order valence-electron chi connectivity index (χ4n) is 1.92. The van der Waals surface area contributed by atoms with Gasteiger partial charge in [0.25, 0.3) is 0 Å². The third-order valence-electron chi connectivity index (χ3n) is 2.79. The zero-order valence-electron chi connectivity index (χ0n) is 10.6. The van der Waals surface area contributed by atoms with Crippen molar-refractivity contribution in [2.45, 2.75) is 45.6 Å². The lowest BCUT2D eigenvalue weighted by molar-refractivity contribution is 0.473. The van der Waals surface area contributed by atoms with Gasteiger partial charge in [0.05, 0.1) is 10.0 Å². The lowest BCUT2D eigenvalue weighted by Gasteiger charge is -2.18. The smallest absolute Gasteiger partial charge is 0.0595 e. The Balaban J connectivity index is 2.61. The van der Waals surface area contributed by atoms with E-state index in [0.717, 1.165) is 13.0 Å². The van der Waals surface area contributed by atoms with E-state index in [0.29, 0.717) is 16.1 Å². The van der Waals surface area contributed by atoms with Crippen LogP contribution < -0.4 is 5.32 Å². The van der Waals surface area contributed by atoms with Gasteiger partial charge in [0, 0.05) is 6.04 Å². The molecule has 1 unspecified atom stereocenters. The third kappa shape index (κ3) is 5.29. The van der Waals surface area contributed by atoms with Gasteiger partial charge in [0.15, 0.2) is 0 Å². The van der Waals surface area contributed by atoms with E-state index in [9.17, 15) is 0 Å². The number of benzene rings is 1. The molecule has 0 aromatic heterocycles. The van der Waals surface area contributed by atoms with Gasteiger partial charge in [-0.3, -0.25) is 0 Å². The molecule has 0 fully saturated rings. The second kappa shape index (κ2) is 7.97. The molecule has 3 heteroatoms. The molecule has 0 aliphatic heterocycles. The maximum atomic E-state index is 6.03. The summed E-state index contributed by atoms with van der Waals surface area (Å²) in [7, 11) is 0. The monoisotopic (exact) mass is 273 g/mol. The first-order chi connectivity index (χ1) is 8.17. The Morgan fingerprint density at radius 3 is 2.47 bits per heavy atom. The molecular weight excluding hydrogens is 253 g/mol. The molecule has 0 bridgehead atoms. The molecule has 0 saturated carbocycles. The minimum absolute atomic E-state index is 0.539. The van der Waals surface area contributed by atoms with E-state index in [1.807, 2.05) is 12.1 Å². The first-order valence-corrected chi connectivity index (χ1v) is 7.10. The van der Waals surface area contributed by atoms with Crippen molar-refractivity contribution < 1.29 is 0 Å². The predicted molar refractivity (Wildman–Crippen MR) is 77.2 cm³/mol. The summed E-state index contributed by atoms with van der Waals surface area (Å²) >= 11 is 11.9. The van der Waals surface area contributed by atoms with E-state index in [-0.39, 0.29) is 0 Å². The summed E-state index contributed by atoms with van der Waals surface area (Å²) in [5, 5.41) is 4.85. The summed E-state index contributed by atoms with van der Waals surface area (Å²) in [4.78, 5) is 0. The van der Waals surface area contributed by atoms with Crippen LogP contribution in [0.3, 0.4) is 0 Å². The lowest BCUT2D eigenvalue weighted by Crippen LogP contribution is -2.31. The molecule has 0 aliphatic rings. The topological polar surface area (TPSA) is 12.0 Å². The molecule has 0 aliphatic carbocycles. The van der Waals surface area contributed by atoms with Crippen LogP contribution in [0.5, 0.6) is 0 Å². The second-order valence-corrected chi connectivity index (χ2v) is 5.21. The summed E-state index contributed by atoms with van der Waals surface area (Å²) < 4.78 is 0. The normalized spacial score (nSPS) is 12.7. The van der Waals surface area contributed by atoms with Crippen molar-refractivity contribution in [3.05, 3.63) is 33.8 Å². The quantitative estimate of drug-likeness (QED) is 0.759. The minimum atomic E-state index is 0.539. The van der Waals surface area contributed by atoms with Crippen molar-refractivity contribution in [3.8, 4) is 0 Å². The van der Waals surface area contributed by atoms with Crippen LogP contribution in [0, 0.1) is 0 Å². The van der Waals surface area contributed by atoms with E-state index >= 15 is 0 Å². The molecule has 0 spiro atoms. The van der Waals surface area contributed by atoms with Crippen LogP contribution in [0.1, 0.15) is 38.7 Å². The average Bonchev–Trinajstić information content (AvgIpc) is 2.31. The molecule has 96 valence electrons. The van der Waals surface area contributed by atoms with E-state index in [4.69, 9.17) is 23.2 Å². The predicted octanol–water partition coefficient (Wildman–Crippen LogP) is 4.70. The maximum absolute atomic E-state index is 6.03. The van der Waals surface area contributed by atoms with Crippen molar-refractivity contribution in [1.82, 2.24) is 5.32 Å². The van der Waals surface area contributed by atoms with Gasteiger partial charge in [0.1, 0.15) is 0 Å². The van der Waals surface area contributed by atoms with Gasteiger partial charge in [-0.2, -0.15) is 0 Å². The van der Waals surface area contributed by atoms with Crippen LogP contribution >= 0.6 is 23.2 Å². The van der Waals surface area contributed by atoms with Crippen LogP contribution in [0.25, 0.3) is 0 Å². The molecule has 0 radical (unpaired) electrons. The highest BCUT2D eigenvalue weighted by Crippen LogP contribution is 2.23. The summed E-state index contributed by atoms with van der Waals surface area (Å²) in [6.45, 7) is 5.48. The molecule has 17 heavy (non-hydrogen) atoms. The highest BCUT2D eigenvalue weighted by Gasteiger charge is 2.08. The second-order valence-electron chi connectivity index (χ2n) is 4.39. The molecule has 1 atom stereocenters. The van der Waals surface area contributed by atoms with Crippen LogP contribution in [-0.4, -0.2) is 12.6 Å². The maximum Gasteiger partial charge on any atom is 0.0595 e. The molecular formula is C14H21Cl2N. The van der Waals surface area contributed by atoms with E-state index in [2.05, 4.69) is 25.2 Å². The van der Waals surface area contributed by atoms with Gasteiger partial charge in [-0.25, -0.2) is 0 Å². The van der Waals surface area contributed by atoms with Crippen LogP contribution in [0.15, 0.2) is 18.2 Å². The van der Waals surface area contributed by atoms with Gasteiger partial charge >= 0.3 is 0 Å². The van der Waals surface area contributed by atoms with Crippen molar-refractivity contribution in [2.75, 3.05) is 6.54 Å². The highest BCUT2D eigenvalue weighted by molar-refractivity contribution is 6.42. The number of rotatable bonds is 7. The summed E-state index contributed by atoms with van der Waals surface area (Å²) in [5.41, 5.74) is 1.25. The van der Waals surface area contributed by atoms with Crippen LogP contribution in [-0.2, 0) is 6.42 Å². The van der Waals surface area contributed by atoms with Crippen molar-refractivity contribution in [2.24, 2.45) is 0 Å². The van der Waals surface area contributed by atoms with Gasteiger partial charge in [-0.1, -0.05) is 49.5 Å². The van der Waals surface area contributed by atoms with E-state index < -0.39 is 0 Å². The Kier molecular flexibility index (Phi) is 6.94. The van der Waals surface area contributed by atoms with Crippen molar-refractivity contribution >= 4 is 23.2 Å². The molecule has 1 aromatic carbocycles. The Morgan fingerprint density at radius 2 is 1.88 bits per heavy atom. The van der Waals surface area contributed by atoms with E-state index in [1.54, 1.807) is 0 Å². The van der Waals surface area contributed by atoms with Crippen LogP contribution in [0.2, 0.25) is 10.0 Å².